The van der Waals surface area contributed by atoms with Gasteiger partial charge in [-0.1, -0.05) is 42.5 Å². The maximum Gasteiger partial charge on any atom is 0.287 e. The lowest BCUT2D eigenvalue weighted by Crippen LogP contribution is -2.56. The van der Waals surface area contributed by atoms with Gasteiger partial charge in [-0.2, -0.15) is 9.57 Å². The Hall–Kier alpha value is -3.94. The normalized spacial score (nSPS) is 15.2. The van der Waals surface area contributed by atoms with Crippen LogP contribution in [0.15, 0.2) is 82.3 Å². The minimum atomic E-state index is -3.88. The second-order valence-corrected chi connectivity index (χ2v) is 9.94. The van der Waals surface area contributed by atoms with E-state index < -0.39 is 22.0 Å². The van der Waals surface area contributed by atoms with E-state index in [4.69, 9.17) is 4.42 Å². The minimum absolute atomic E-state index is 0.0464. The number of nitrogens with one attached hydrogen (secondary N) is 1. The van der Waals surface area contributed by atoms with Crippen LogP contribution in [-0.4, -0.2) is 61.7 Å². The molecule has 1 atom stereocenters. The van der Waals surface area contributed by atoms with E-state index in [2.05, 4.69) is 5.32 Å². The SMILES string of the molecule is N#Cc1ccccc1S(=O)(=O)N1CCN(C(=O)[C@@H](Cc2ccccc2)NC(=O)c2ccco2)CC1. The van der Waals surface area contributed by atoms with Gasteiger partial charge in [-0.05, 0) is 29.8 Å². The first kappa shape index (κ1) is 24.2. The molecule has 0 saturated carbocycles. The number of piperazine rings is 1. The standard InChI is InChI=1S/C25H24N4O5S/c26-18-20-9-4-5-11-23(20)35(32,33)29-14-12-28(13-15-29)25(31)21(17-19-7-2-1-3-8-19)27-24(30)22-10-6-16-34-22/h1-11,16,21H,12-15,17H2,(H,27,30)/t21-/m1/s1. The molecule has 0 spiro atoms. The lowest BCUT2D eigenvalue weighted by Gasteiger charge is -2.36. The van der Waals surface area contributed by atoms with Crippen molar-refractivity contribution in [3.63, 3.8) is 0 Å². The lowest BCUT2D eigenvalue weighted by atomic mass is 10.0. The zero-order chi connectivity index (χ0) is 24.8. The van der Waals surface area contributed by atoms with Crippen LogP contribution in [0.3, 0.4) is 0 Å². The molecule has 9 nitrogen and oxygen atoms in total. The highest BCUT2D eigenvalue weighted by molar-refractivity contribution is 7.89. The Morgan fingerprint density at radius 1 is 0.971 bits per heavy atom. The van der Waals surface area contributed by atoms with Crippen molar-refractivity contribution in [3.05, 3.63) is 89.9 Å². The monoisotopic (exact) mass is 492 g/mol. The van der Waals surface area contributed by atoms with Crippen molar-refractivity contribution in [2.45, 2.75) is 17.4 Å². The van der Waals surface area contributed by atoms with Crippen LogP contribution in [0.4, 0.5) is 0 Å². The Labute approximate surface area is 203 Å². The largest absolute Gasteiger partial charge is 0.459 e. The third-order valence-corrected chi connectivity index (χ3v) is 7.76. The van der Waals surface area contributed by atoms with Crippen LogP contribution in [0.2, 0.25) is 0 Å². The molecule has 1 aliphatic heterocycles. The molecule has 1 saturated heterocycles. The Bertz CT molecular complexity index is 1330. The van der Waals surface area contributed by atoms with Crippen molar-refractivity contribution in [2.75, 3.05) is 26.2 Å². The Morgan fingerprint density at radius 3 is 2.31 bits per heavy atom. The van der Waals surface area contributed by atoms with Gasteiger partial charge >= 0.3 is 0 Å². The molecule has 0 radical (unpaired) electrons. The Morgan fingerprint density at radius 2 is 1.66 bits per heavy atom. The molecule has 1 fully saturated rings. The number of amides is 2. The molecule has 180 valence electrons. The molecular formula is C25H24N4O5S. The minimum Gasteiger partial charge on any atom is -0.459 e. The van der Waals surface area contributed by atoms with Gasteiger partial charge in [0.05, 0.1) is 16.7 Å². The number of carbonyl (C=O) groups excluding carboxylic acids is 2. The van der Waals surface area contributed by atoms with E-state index in [-0.39, 0.29) is 54.7 Å². The molecule has 1 aliphatic rings. The fourth-order valence-electron chi connectivity index (χ4n) is 3.98. The second-order valence-electron chi connectivity index (χ2n) is 8.03. The fraction of sp³-hybridized carbons (Fsp3) is 0.240. The first-order valence-corrected chi connectivity index (χ1v) is 12.5. The zero-order valence-electron chi connectivity index (χ0n) is 18.8. The number of nitrogens with zero attached hydrogens (tertiary/aromatic N) is 3. The molecule has 0 unspecified atom stereocenters. The molecule has 1 aromatic heterocycles. The Kier molecular flexibility index (Phi) is 7.29. The maximum absolute atomic E-state index is 13.4. The van der Waals surface area contributed by atoms with Crippen molar-refractivity contribution >= 4 is 21.8 Å². The highest BCUT2D eigenvalue weighted by atomic mass is 32.2. The van der Waals surface area contributed by atoms with Gasteiger partial charge in [0.1, 0.15) is 12.1 Å². The summed E-state index contributed by atoms with van der Waals surface area (Å²) >= 11 is 0. The van der Waals surface area contributed by atoms with Crippen LogP contribution >= 0.6 is 0 Å². The van der Waals surface area contributed by atoms with Crippen LogP contribution < -0.4 is 5.32 Å². The number of benzene rings is 2. The van der Waals surface area contributed by atoms with Gasteiger partial charge in [0.25, 0.3) is 5.91 Å². The summed E-state index contributed by atoms with van der Waals surface area (Å²) in [5, 5.41) is 12.0. The van der Waals surface area contributed by atoms with Crippen LogP contribution in [0.5, 0.6) is 0 Å². The third-order valence-electron chi connectivity index (χ3n) is 5.81. The summed E-state index contributed by atoms with van der Waals surface area (Å²) < 4.78 is 32.6. The topological polar surface area (TPSA) is 124 Å². The van der Waals surface area contributed by atoms with Gasteiger partial charge in [0.15, 0.2) is 5.76 Å². The molecule has 2 heterocycles. The van der Waals surface area contributed by atoms with E-state index in [1.807, 2.05) is 36.4 Å². The summed E-state index contributed by atoms with van der Waals surface area (Å²) in [6.07, 6.45) is 1.66. The molecule has 1 N–H and O–H groups in total. The van der Waals surface area contributed by atoms with Crippen molar-refractivity contribution < 1.29 is 22.4 Å². The maximum atomic E-state index is 13.4. The molecule has 0 aliphatic carbocycles. The van der Waals surface area contributed by atoms with E-state index in [1.54, 1.807) is 23.1 Å². The van der Waals surface area contributed by atoms with Crippen LogP contribution in [-0.2, 0) is 21.2 Å². The summed E-state index contributed by atoms with van der Waals surface area (Å²) in [6, 6.07) is 19.5. The number of sulfonamides is 1. The molecule has 35 heavy (non-hydrogen) atoms. The first-order valence-electron chi connectivity index (χ1n) is 11.1. The summed E-state index contributed by atoms with van der Waals surface area (Å²) in [6.45, 7) is 0.486. The van der Waals surface area contributed by atoms with Gasteiger partial charge in [-0.3, -0.25) is 9.59 Å². The van der Waals surface area contributed by atoms with E-state index in [0.29, 0.717) is 0 Å². The number of carbonyl (C=O) groups is 2. The first-order chi connectivity index (χ1) is 16.9. The van der Waals surface area contributed by atoms with Crippen molar-refractivity contribution in [1.29, 1.82) is 5.26 Å². The van der Waals surface area contributed by atoms with Gasteiger partial charge in [0, 0.05) is 32.6 Å². The molecule has 10 heteroatoms. The van der Waals surface area contributed by atoms with Crippen molar-refractivity contribution in [1.82, 2.24) is 14.5 Å². The smallest absolute Gasteiger partial charge is 0.287 e. The summed E-state index contributed by atoms with van der Waals surface area (Å²) in [4.78, 5) is 27.5. The number of furan rings is 1. The fourth-order valence-corrected chi connectivity index (χ4v) is 5.54. The van der Waals surface area contributed by atoms with Crippen LogP contribution in [0.1, 0.15) is 21.7 Å². The van der Waals surface area contributed by atoms with E-state index in [1.165, 1.54) is 28.8 Å². The predicted molar refractivity (Wildman–Crippen MR) is 127 cm³/mol. The van der Waals surface area contributed by atoms with Crippen LogP contribution in [0, 0.1) is 11.3 Å². The summed E-state index contributed by atoms with van der Waals surface area (Å²) in [5.74, 6) is -0.704. The predicted octanol–water partition coefficient (Wildman–Crippen LogP) is 2.03. The number of rotatable bonds is 7. The Balaban J connectivity index is 1.47. The van der Waals surface area contributed by atoms with Crippen molar-refractivity contribution in [3.8, 4) is 6.07 Å². The molecule has 2 aromatic carbocycles. The number of hydrogen-bond acceptors (Lipinski definition) is 6. The van der Waals surface area contributed by atoms with E-state index >= 15 is 0 Å². The highest BCUT2D eigenvalue weighted by Crippen LogP contribution is 2.21. The number of hydrogen-bond donors (Lipinski definition) is 1. The molecule has 2 amide bonds. The quantitative estimate of drug-likeness (QED) is 0.538. The van der Waals surface area contributed by atoms with Gasteiger partial charge in [-0.15, -0.1) is 0 Å². The molecule has 4 rings (SSSR count). The van der Waals surface area contributed by atoms with E-state index in [9.17, 15) is 23.3 Å². The lowest BCUT2D eigenvalue weighted by molar-refractivity contribution is -0.134. The van der Waals surface area contributed by atoms with Gasteiger partial charge < -0.3 is 14.6 Å². The molecule has 3 aromatic rings. The second kappa shape index (κ2) is 10.5. The van der Waals surface area contributed by atoms with Crippen molar-refractivity contribution in [2.24, 2.45) is 0 Å². The summed E-state index contributed by atoms with van der Waals surface area (Å²) in [5.41, 5.74) is 0.953. The molecular weight excluding hydrogens is 468 g/mol. The van der Waals surface area contributed by atoms with Gasteiger partial charge in [-0.25, -0.2) is 8.42 Å². The van der Waals surface area contributed by atoms with Crippen LogP contribution in [0.25, 0.3) is 0 Å². The average Bonchev–Trinajstić information content (AvgIpc) is 3.44. The highest BCUT2D eigenvalue weighted by Gasteiger charge is 2.34. The zero-order valence-corrected chi connectivity index (χ0v) is 19.6. The molecule has 0 bridgehead atoms. The van der Waals surface area contributed by atoms with Gasteiger partial charge in [0.2, 0.25) is 15.9 Å². The summed E-state index contributed by atoms with van der Waals surface area (Å²) in [7, 11) is -3.88. The third kappa shape index (κ3) is 5.42. The average molecular weight is 493 g/mol. The number of nitriles is 1. The van der Waals surface area contributed by atoms with E-state index in [0.717, 1.165) is 5.56 Å².